The molecule has 0 aliphatic carbocycles. The minimum atomic E-state index is -4.64. The molecule has 20 heavy (non-hydrogen) atoms. The lowest BCUT2D eigenvalue weighted by molar-refractivity contribution is -0.274. The molecule has 1 heterocycles. The van der Waals surface area contributed by atoms with Crippen LogP contribution in [0.5, 0.6) is 5.75 Å². The first-order chi connectivity index (χ1) is 8.96. The summed E-state index contributed by atoms with van der Waals surface area (Å²) >= 11 is 0. The predicted octanol–water partition coefficient (Wildman–Crippen LogP) is 2.97. The van der Waals surface area contributed by atoms with Gasteiger partial charge in [-0.15, -0.1) is 25.6 Å². The summed E-state index contributed by atoms with van der Waals surface area (Å²) in [4.78, 5) is 2.24. The van der Waals surface area contributed by atoms with Crippen LogP contribution in [0.3, 0.4) is 0 Å². The van der Waals surface area contributed by atoms with Gasteiger partial charge in [-0.3, -0.25) is 4.90 Å². The molecule has 1 atom stereocenters. The van der Waals surface area contributed by atoms with E-state index in [-0.39, 0.29) is 24.2 Å². The average molecular weight is 311 g/mol. The summed E-state index contributed by atoms with van der Waals surface area (Å²) in [5.41, 5.74) is 0.837. The van der Waals surface area contributed by atoms with E-state index in [2.05, 4.69) is 15.0 Å². The number of nitrogens with one attached hydrogen (secondary N) is 1. The van der Waals surface area contributed by atoms with Gasteiger partial charge in [0.05, 0.1) is 0 Å². The maximum Gasteiger partial charge on any atom is 0.573 e. The number of benzene rings is 1. The highest BCUT2D eigenvalue weighted by Gasteiger charge is 2.31. The van der Waals surface area contributed by atoms with Gasteiger partial charge in [0.15, 0.2) is 0 Å². The molecule has 0 bridgehead atoms. The van der Waals surface area contributed by atoms with E-state index in [1.165, 1.54) is 12.1 Å². The zero-order valence-electron chi connectivity index (χ0n) is 11.1. The maximum absolute atomic E-state index is 12.2. The van der Waals surface area contributed by atoms with E-state index in [0.717, 1.165) is 31.7 Å². The summed E-state index contributed by atoms with van der Waals surface area (Å²) < 4.78 is 40.5. The summed E-state index contributed by atoms with van der Waals surface area (Å²) in [6.07, 6.45) is -4.64. The first-order valence-electron chi connectivity index (χ1n) is 6.26. The van der Waals surface area contributed by atoms with Crippen LogP contribution < -0.4 is 10.1 Å². The van der Waals surface area contributed by atoms with Crippen molar-refractivity contribution in [3.63, 3.8) is 0 Å². The van der Waals surface area contributed by atoms with Crippen LogP contribution in [0.1, 0.15) is 18.5 Å². The van der Waals surface area contributed by atoms with Crippen LogP contribution in [-0.2, 0) is 0 Å². The third-order valence-electron chi connectivity index (χ3n) is 3.27. The minimum absolute atomic E-state index is 0. The van der Waals surface area contributed by atoms with Crippen molar-refractivity contribution < 1.29 is 17.9 Å². The molecule has 1 aliphatic rings. The fraction of sp³-hybridized carbons (Fsp3) is 0.538. The Morgan fingerprint density at radius 1 is 1.25 bits per heavy atom. The van der Waals surface area contributed by atoms with Gasteiger partial charge < -0.3 is 10.1 Å². The van der Waals surface area contributed by atoms with E-state index in [0.29, 0.717) is 0 Å². The quantitative estimate of drug-likeness (QED) is 0.929. The molecule has 7 heteroatoms. The number of hydrogen-bond acceptors (Lipinski definition) is 3. The van der Waals surface area contributed by atoms with Crippen molar-refractivity contribution >= 4 is 12.4 Å². The number of hydrogen-bond donors (Lipinski definition) is 1. The van der Waals surface area contributed by atoms with Crippen molar-refractivity contribution in [2.24, 2.45) is 0 Å². The Hall–Kier alpha value is -0.980. The topological polar surface area (TPSA) is 24.5 Å². The monoisotopic (exact) mass is 310 g/mol. The highest BCUT2D eigenvalue weighted by Crippen LogP contribution is 2.27. The fourth-order valence-corrected chi connectivity index (χ4v) is 2.25. The van der Waals surface area contributed by atoms with E-state index in [1.807, 2.05) is 13.0 Å². The van der Waals surface area contributed by atoms with Gasteiger partial charge in [0.2, 0.25) is 0 Å². The Bertz CT molecular complexity index is 422. The van der Waals surface area contributed by atoms with Crippen LogP contribution in [0.25, 0.3) is 0 Å². The van der Waals surface area contributed by atoms with Gasteiger partial charge in [0.1, 0.15) is 5.75 Å². The Kier molecular flexibility index (Phi) is 6.10. The van der Waals surface area contributed by atoms with Crippen LogP contribution in [-0.4, -0.2) is 37.4 Å². The fourth-order valence-electron chi connectivity index (χ4n) is 2.25. The molecule has 1 aromatic carbocycles. The van der Waals surface area contributed by atoms with E-state index in [4.69, 9.17) is 0 Å². The number of rotatable bonds is 3. The van der Waals surface area contributed by atoms with Gasteiger partial charge >= 0.3 is 6.36 Å². The van der Waals surface area contributed by atoms with Gasteiger partial charge in [-0.1, -0.05) is 12.1 Å². The molecule has 0 unspecified atom stereocenters. The summed E-state index contributed by atoms with van der Waals surface area (Å²) in [6, 6.07) is 6.28. The highest BCUT2D eigenvalue weighted by atomic mass is 35.5. The molecule has 0 aromatic heterocycles. The number of alkyl halides is 3. The summed E-state index contributed by atoms with van der Waals surface area (Å²) in [7, 11) is 0. The number of piperazine rings is 1. The predicted molar refractivity (Wildman–Crippen MR) is 73.2 cm³/mol. The van der Waals surface area contributed by atoms with Crippen LogP contribution in [0, 0.1) is 0 Å². The summed E-state index contributed by atoms with van der Waals surface area (Å²) in [5.74, 6) is -0.160. The molecule has 0 amide bonds. The molecule has 0 radical (unpaired) electrons. The third kappa shape index (κ3) is 4.85. The lowest BCUT2D eigenvalue weighted by Crippen LogP contribution is -2.44. The molecule has 1 aliphatic heterocycles. The maximum atomic E-state index is 12.2. The van der Waals surface area contributed by atoms with Gasteiger partial charge in [-0.25, -0.2) is 0 Å². The molecule has 1 saturated heterocycles. The lowest BCUT2D eigenvalue weighted by atomic mass is 10.1. The van der Waals surface area contributed by atoms with Crippen LogP contribution >= 0.6 is 12.4 Å². The molecular weight excluding hydrogens is 293 g/mol. The summed E-state index contributed by atoms with van der Waals surface area (Å²) in [5, 5.41) is 3.25. The van der Waals surface area contributed by atoms with Crippen molar-refractivity contribution in [1.29, 1.82) is 0 Å². The van der Waals surface area contributed by atoms with Crippen LogP contribution in [0.2, 0.25) is 0 Å². The standard InChI is InChI=1S/C13H17F3N2O.ClH/c1-10(18-7-5-17-6-8-18)11-3-2-4-12(9-11)19-13(14,15)16;/h2-4,9-10,17H,5-8H2,1H3;1H/t10-;/m0./s1. The second kappa shape index (κ2) is 7.15. The van der Waals surface area contributed by atoms with Crippen molar-refractivity contribution in [2.45, 2.75) is 19.3 Å². The van der Waals surface area contributed by atoms with Crippen LogP contribution in [0.15, 0.2) is 24.3 Å². The molecule has 1 aromatic rings. The molecule has 0 saturated carbocycles. The molecular formula is C13H18ClF3N2O. The van der Waals surface area contributed by atoms with E-state index in [1.54, 1.807) is 6.07 Å². The van der Waals surface area contributed by atoms with E-state index in [9.17, 15) is 13.2 Å². The number of nitrogens with zero attached hydrogens (tertiary/aromatic N) is 1. The molecule has 1 fully saturated rings. The highest BCUT2D eigenvalue weighted by molar-refractivity contribution is 5.85. The lowest BCUT2D eigenvalue weighted by Gasteiger charge is -2.33. The Morgan fingerprint density at radius 2 is 1.90 bits per heavy atom. The molecule has 0 spiro atoms. The zero-order chi connectivity index (χ0) is 13.9. The zero-order valence-corrected chi connectivity index (χ0v) is 11.9. The minimum Gasteiger partial charge on any atom is -0.406 e. The number of ether oxygens (including phenoxy) is 1. The second-order valence-corrected chi connectivity index (χ2v) is 4.58. The SMILES string of the molecule is C[C@@H](c1cccc(OC(F)(F)F)c1)N1CCNCC1.Cl. The van der Waals surface area contributed by atoms with Crippen molar-refractivity contribution in [1.82, 2.24) is 10.2 Å². The van der Waals surface area contributed by atoms with Crippen molar-refractivity contribution in [2.75, 3.05) is 26.2 Å². The smallest absolute Gasteiger partial charge is 0.406 e. The van der Waals surface area contributed by atoms with E-state index >= 15 is 0 Å². The van der Waals surface area contributed by atoms with Gasteiger partial charge in [-0.2, -0.15) is 0 Å². The first-order valence-corrected chi connectivity index (χ1v) is 6.26. The normalized spacial score (nSPS) is 18.2. The third-order valence-corrected chi connectivity index (χ3v) is 3.27. The van der Waals surface area contributed by atoms with Gasteiger partial charge in [0.25, 0.3) is 0 Å². The van der Waals surface area contributed by atoms with Crippen LogP contribution in [0.4, 0.5) is 13.2 Å². The van der Waals surface area contributed by atoms with E-state index < -0.39 is 6.36 Å². The Balaban J connectivity index is 0.00000200. The van der Waals surface area contributed by atoms with Gasteiger partial charge in [-0.05, 0) is 24.6 Å². The number of halogens is 4. The first kappa shape index (κ1) is 17.1. The molecule has 114 valence electrons. The van der Waals surface area contributed by atoms with Crippen molar-refractivity contribution in [3.05, 3.63) is 29.8 Å². The summed E-state index contributed by atoms with van der Waals surface area (Å²) in [6.45, 7) is 5.60. The molecule has 2 rings (SSSR count). The average Bonchev–Trinajstić information content (AvgIpc) is 2.37. The molecule has 1 N–H and O–H groups in total. The molecule has 3 nitrogen and oxygen atoms in total. The Labute approximate surface area is 122 Å². The van der Waals surface area contributed by atoms with Gasteiger partial charge in [0, 0.05) is 32.2 Å². The Morgan fingerprint density at radius 3 is 2.50 bits per heavy atom. The second-order valence-electron chi connectivity index (χ2n) is 4.58. The van der Waals surface area contributed by atoms with Crippen molar-refractivity contribution in [3.8, 4) is 5.75 Å². The largest absolute Gasteiger partial charge is 0.573 e.